The van der Waals surface area contributed by atoms with Crippen LogP contribution in [0, 0.1) is 11.3 Å². The van der Waals surface area contributed by atoms with Crippen LogP contribution in [-0.2, 0) is 0 Å². The van der Waals surface area contributed by atoms with E-state index in [2.05, 4.69) is 12.2 Å². The molecule has 0 aromatic heterocycles. The van der Waals surface area contributed by atoms with Gasteiger partial charge in [0.05, 0.1) is 0 Å². The molecule has 1 saturated heterocycles. The van der Waals surface area contributed by atoms with E-state index < -0.39 is 0 Å². The zero-order chi connectivity index (χ0) is 9.86. The van der Waals surface area contributed by atoms with E-state index in [0.29, 0.717) is 5.41 Å². The molecule has 0 aromatic carbocycles. The SMILES string of the molecule is CC1(CC2CCCCC2)CCNCC1. The van der Waals surface area contributed by atoms with Crippen LogP contribution in [0.4, 0.5) is 0 Å². The van der Waals surface area contributed by atoms with Crippen molar-refractivity contribution in [1.82, 2.24) is 5.32 Å². The predicted octanol–water partition coefficient (Wildman–Crippen LogP) is 3.35. The summed E-state index contributed by atoms with van der Waals surface area (Å²) >= 11 is 0. The fraction of sp³-hybridized carbons (Fsp3) is 1.00. The first-order valence-electron chi connectivity index (χ1n) is 6.49. The van der Waals surface area contributed by atoms with Crippen LogP contribution in [0.25, 0.3) is 0 Å². The second-order valence-electron chi connectivity index (χ2n) is 5.77. The van der Waals surface area contributed by atoms with E-state index in [1.54, 1.807) is 0 Å². The molecule has 2 fully saturated rings. The maximum Gasteiger partial charge on any atom is -0.00437 e. The monoisotopic (exact) mass is 195 g/mol. The first-order valence-corrected chi connectivity index (χ1v) is 6.49. The van der Waals surface area contributed by atoms with E-state index in [0.717, 1.165) is 5.92 Å². The molecule has 1 nitrogen and oxygen atoms in total. The van der Waals surface area contributed by atoms with Gasteiger partial charge in [-0.25, -0.2) is 0 Å². The zero-order valence-corrected chi connectivity index (χ0v) is 9.65. The number of hydrogen-bond donors (Lipinski definition) is 1. The van der Waals surface area contributed by atoms with Gasteiger partial charge in [-0.05, 0) is 43.7 Å². The van der Waals surface area contributed by atoms with E-state index in [1.165, 1.54) is 64.5 Å². The minimum atomic E-state index is 0.674. The number of nitrogens with one attached hydrogen (secondary N) is 1. The molecule has 2 rings (SSSR count). The van der Waals surface area contributed by atoms with Crippen molar-refractivity contribution in [2.75, 3.05) is 13.1 Å². The highest BCUT2D eigenvalue weighted by atomic mass is 14.9. The van der Waals surface area contributed by atoms with E-state index in [4.69, 9.17) is 0 Å². The van der Waals surface area contributed by atoms with Gasteiger partial charge in [-0.1, -0.05) is 39.0 Å². The summed E-state index contributed by atoms with van der Waals surface area (Å²) in [6.07, 6.45) is 11.8. The van der Waals surface area contributed by atoms with Crippen molar-refractivity contribution >= 4 is 0 Å². The van der Waals surface area contributed by atoms with Crippen molar-refractivity contribution < 1.29 is 0 Å². The quantitative estimate of drug-likeness (QED) is 0.712. The van der Waals surface area contributed by atoms with Gasteiger partial charge in [-0.15, -0.1) is 0 Å². The highest BCUT2D eigenvalue weighted by Gasteiger charge is 2.30. The van der Waals surface area contributed by atoms with E-state index in [1.807, 2.05) is 0 Å². The Bertz CT molecular complexity index is 164. The summed E-state index contributed by atoms with van der Waals surface area (Å²) in [6.45, 7) is 5.02. The molecular formula is C13H25N. The Morgan fingerprint density at radius 3 is 2.36 bits per heavy atom. The summed E-state index contributed by atoms with van der Waals surface area (Å²) in [6, 6.07) is 0. The van der Waals surface area contributed by atoms with Crippen LogP contribution >= 0.6 is 0 Å². The largest absolute Gasteiger partial charge is 0.317 e. The van der Waals surface area contributed by atoms with Gasteiger partial charge in [0.15, 0.2) is 0 Å². The molecule has 1 N–H and O–H groups in total. The molecule has 2 aliphatic rings. The Kier molecular flexibility index (Phi) is 3.48. The molecular weight excluding hydrogens is 170 g/mol. The molecule has 0 bridgehead atoms. The van der Waals surface area contributed by atoms with Crippen molar-refractivity contribution in [3.63, 3.8) is 0 Å². The fourth-order valence-electron chi connectivity index (χ4n) is 3.32. The first kappa shape index (κ1) is 10.5. The van der Waals surface area contributed by atoms with Crippen LogP contribution in [0.5, 0.6) is 0 Å². The second-order valence-corrected chi connectivity index (χ2v) is 5.77. The van der Waals surface area contributed by atoms with Gasteiger partial charge >= 0.3 is 0 Å². The molecule has 0 amide bonds. The minimum Gasteiger partial charge on any atom is -0.317 e. The van der Waals surface area contributed by atoms with Gasteiger partial charge in [0.25, 0.3) is 0 Å². The highest BCUT2D eigenvalue weighted by Crippen LogP contribution is 2.39. The lowest BCUT2D eigenvalue weighted by Crippen LogP contribution is -2.36. The summed E-state index contributed by atoms with van der Waals surface area (Å²) in [5, 5.41) is 3.48. The topological polar surface area (TPSA) is 12.0 Å². The van der Waals surface area contributed by atoms with E-state index in [-0.39, 0.29) is 0 Å². The van der Waals surface area contributed by atoms with Gasteiger partial charge in [0.2, 0.25) is 0 Å². The van der Waals surface area contributed by atoms with Crippen LogP contribution < -0.4 is 5.32 Å². The van der Waals surface area contributed by atoms with Gasteiger partial charge in [-0.3, -0.25) is 0 Å². The zero-order valence-electron chi connectivity index (χ0n) is 9.65. The van der Waals surface area contributed by atoms with Crippen molar-refractivity contribution in [1.29, 1.82) is 0 Å². The Morgan fingerprint density at radius 1 is 1.07 bits per heavy atom. The van der Waals surface area contributed by atoms with Crippen molar-refractivity contribution in [3.8, 4) is 0 Å². The molecule has 0 spiro atoms. The van der Waals surface area contributed by atoms with Crippen molar-refractivity contribution in [2.24, 2.45) is 11.3 Å². The molecule has 0 atom stereocenters. The van der Waals surface area contributed by atoms with Crippen LogP contribution in [0.15, 0.2) is 0 Å². The van der Waals surface area contributed by atoms with Gasteiger partial charge in [-0.2, -0.15) is 0 Å². The minimum absolute atomic E-state index is 0.674. The van der Waals surface area contributed by atoms with Gasteiger partial charge in [0, 0.05) is 0 Å². The maximum atomic E-state index is 3.48. The maximum absolute atomic E-state index is 3.48. The van der Waals surface area contributed by atoms with Gasteiger partial charge < -0.3 is 5.32 Å². The predicted molar refractivity (Wildman–Crippen MR) is 61.4 cm³/mol. The Morgan fingerprint density at radius 2 is 1.71 bits per heavy atom. The third kappa shape index (κ3) is 2.73. The summed E-state index contributed by atoms with van der Waals surface area (Å²) in [7, 11) is 0. The fourth-order valence-corrected chi connectivity index (χ4v) is 3.32. The van der Waals surface area contributed by atoms with Crippen LogP contribution in [-0.4, -0.2) is 13.1 Å². The number of hydrogen-bond acceptors (Lipinski definition) is 1. The third-order valence-electron chi connectivity index (χ3n) is 4.32. The average molecular weight is 195 g/mol. The smallest absolute Gasteiger partial charge is 0.00437 e. The molecule has 1 aliphatic heterocycles. The molecule has 1 heteroatoms. The molecule has 1 saturated carbocycles. The molecule has 0 aromatic rings. The second kappa shape index (κ2) is 4.65. The lowest BCUT2D eigenvalue weighted by atomic mass is 9.71. The Balaban J connectivity index is 1.81. The standard InChI is InChI=1S/C13H25N/c1-13(7-9-14-10-8-13)11-12-5-3-2-4-6-12/h12,14H,2-11H2,1H3. The lowest BCUT2D eigenvalue weighted by Gasteiger charge is -2.38. The summed E-state index contributed by atoms with van der Waals surface area (Å²) in [4.78, 5) is 0. The van der Waals surface area contributed by atoms with Crippen LogP contribution in [0.1, 0.15) is 58.3 Å². The van der Waals surface area contributed by atoms with Gasteiger partial charge in [0.1, 0.15) is 0 Å². The summed E-state index contributed by atoms with van der Waals surface area (Å²) in [5.41, 5.74) is 0.674. The summed E-state index contributed by atoms with van der Waals surface area (Å²) < 4.78 is 0. The Labute approximate surface area is 88.7 Å². The molecule has 1 aliphatic carbocycles. The van der Waals surface area contributed by atoms with E-state index in [9.17, 15) is 0 Å². The molecule has 14 heavy (non-hydrogen) atoms. The normalized spacial score (nSPS) is 28.9. The number of piperidine rings is 1. The van der Waals surface area contributed by atoms with Crippen LogP contribution in [0.3, 0.4) is 0 Å². The average Bonchev–Trinajstić information content (AvgIpc) is 2.19. The first-order chi connectivity index (χ1) is 6.79. The number of rotatable bonds is 2. The van der Waals surface area contributed by atoms with Crippen molar-refractivity contribution in [3.05, 3.63) is 0 Å². The molecule has 82 valence electrons. The molecule has 0 unspecified atom stereocenters. The molecule has 1 heterocycles. The highest BCUT2D eigenvalue weighted by molar-refractivity contribution is 4.83. The third-order valence-corrected chi connectivity index (χ3v) is 4.32. The van der Waals surface area contributed by atoms with Crippen molar-refractivity contribution in [2.45, 2.75) is 58.3 Å². The lowest BCUT2D eigenvalue weighted by molar-refractivity contribution is 0.155. The summed E-state index contributed by atoms with van der Waals surface area (Å²) in [5.74, 6) is 1.06. The van der Waals surface area contributed by atoms with E-state index >= 15 is 0 Å². The Hall–Kier alpha value is -0.0400. The van der Waals surface area contributed by atoms with Crippen LogP contribution in [0.2, 0.25) is 0 Å². The molecule has 0 radical (unpaired) electrons.